The highest BCUT2D eigenvalue weighted by Gasteiger charge is 2.14. The summed E-state index contributed by atoms with van der Waals surface area (Å²) in [5.74, 6) is -0.0289. The molecular formula is C17H19Cl2N2O+. The standard InChI is InChI=1S/C17H18Cl2N2O/c1-12(14-7-3-5-9-16(14)19)20-11-17(22)21-10-13-6-2-4-8-15(13)18/h2-9,12,20H,10-11H2,1H3,(H,21,22)/p+1/t12-/m0/s1. The van der Waals surface area contributed by atoms with Crippen LogP contribution in [-0.2, 0) is 11.3 Å². The van der Waals surface area contributed by atoms with Crippen LogP contribution in [0.15, 0.2) is 48.5 Å². The zero-order valence-corrected chi connectivity index (χ0v) is 13.9. The molecule has 0 saturated heterocycles. The molecule has 2 aromatic rings. The van der Waals surface area contributed by atoms with Crippen molar-refractivity contribution in [2.75, 3.05) is 6.54 Å². The zero-order chi connectivity index (χ0) is 15.9. The minimum atomic E-state index is -0.0289. The Balaban J connectivity index is 1.81. The van der Waals surface area contributed by atoms with E-state index in [1.165, 1.54) is 0 Å². The number of hydrogen-bond donors (Lipinski definition) is 2. The Hall–Kier alpha value is -1.55. The van der Waals surface area contributed by atoms with Gasteiger partial charge in [0.2, 0.25) is 0 Å². The van der Waals surface area contributed by atoms with E-state index in [1.54, 1.807) is 0 Å². The van der Waals surface area contributed by atoms with E-state index >= 15 is 0 Å². The van der Waals surface area contributed by atoms with Crippen LogP contribution in [0, 0.1) is 0 Å². The van der Waals surface area contributed by atoms with E-state index in [2.05, 4.69) is 5.32 Å². The van der Waals surface area contributed by atoms with Crippen LogP contribution in [0.1, 0.15) is 24.1 Å². The summed E-state index contributed by atoms with van der Waals surface area (Å²) in [5.41, 5.74) is 1.94. The van der Waals surface area contributed by atoms with Crippen LogP contribution in [0.3, 0.4) is 0 Å². The smallest absolute Gasteiger partial charge is 0.275 e. The summed E-state index contributed by atoms with van der Waals surface area (Å²) in [6.45, 7) is 2.81. The highest BCUT2D eigenvalue weighted by Crippen LogP contribution is 2.19. The van der Waals surface area contributed by atoms with Gasteiger partial charge in [0, 0.05) is 22.2 Å². The first-order valence-corrected chi connectivity index (χ1v) is 7.91. The first kappa shape index (κ1) is 16.8. The molecule has 22 heavy (non-hydrogen) atoms. The molecule has 3 N–H and O–H groups in total. The molecule has 0 unspecified atom stereocenters. The van der Waals surface area contributed by atoms with Gasteiger partial charge in [0.15, 0.2) is 6.54 Å². The van der Waals surface area contributed by atoms with Crippen LogP contribution in [0.25, 0.3) is 0 Å². The molecule has 0 fully saturated rings. The molecule has 1 amide bonds. The van der Waals surface area contributed by atoms with Crippen molar-refractivity contribution in [3.8, 4) is 0 Å². The van der Waals surface area contributed by atoms with Gasteiger partial charge in [-0.05, 0) is 24.6 Å². The summed E-state index contributed by atoms with van der Waals surface area (Å²) in [7, 11) is 0. The van der Waals surface area contributed by atoms with E-state index in [9.17, 15) is 4.79 Å². The van der Waals surface area contributed by atoms with Gasteiger partial charge in [-0.3, -0.25) is 4.79 Å². The minimum absolute atomic E-state index is 0.0289. The Morgan fingerprint density at radius 1 is 1.09 bits per heavy atom. The van der Waals surface area contributed by atoms with E-state index in [4.69, 9.17) is 23.2 Å². The molecule has 1 atom stereocenters. The van der Waals surface area contributed by atoms with Gasteiger partial charge in [0.25, 0.3) is 5.91 Å². The van der Waals surface area contributed by atoms with Crippen molar-refractivity contribution in [2.45, 2.75) is 19.5 Å². The average molecular weight is 338 g/mol. The first-order chi connectivity index (χ1) is 10.6. The molecule has 0 aromatic heterocycles. The van der Waals surface area contributed by atoms with Gasteiger partial charge in [-0.25, -0.2) is 0 Å². The van der Waals surface area contributed by atoms with Crippen molar-refractivity contribution in [1.29, 1.82) is 0 Å². The summed E-state index contributed by atoms with van der Waals surface area (Å²) in [5, 5.41) is 6.22. The Morgan fingerprint density at radius 3 is 2.41 bits per heavy atom. The lowest BCUT2D eigenvalue weighted by Crippen LogP contribution is -2.87. The number of rotatable bonds is 6. The van der Waals surface area contributed by atoms with E-state index in [-0.39, 0.29) is 11.9 Å². The van der Waals surface area contributed by atoms with Gasteiger partial charge in [0.1, 0.15) is 6.04 Å². The monoisotopic (exact) mass is 337 g/mol. The van der Waals surface area contributed by atoms with E-state index < -0.39 is 0 Å². The second-order valence-electron chi connectivity index (χ2n) is 5.12. The number of benzene rings is 2. The molecule has 2 rings (SSSR count). The molecule has 2 aromatic carbocycles. The largest absolute Gasteiger partial charge is 0.347 e. The molecule has 0 aliphatic carbocycles. The van der Waals surface area contributed by atoms with Crippen LogP contribution < -0.4 is 10.6 Å². The number of carbonyl (C=O) groups is 1. The second kappa shape index (κ2) is 8.18. The molecule has 0 radical (unpaired) electrons. The Morgan fingerprint density at radius 2 is 1.73 bits per heavy atom. The number of amides is 1. The number of carbonyl (C=O) groups excluding carboxylic acids is 1. The molecule has 0 bridgehead atoms. The number of hydrogen-bond acceptors (Lipinski definition) is 1. The quantitative estimate of drug-likeness (QED) is 0.836. The lowest BCUT2D eigenvalue weighted by atomic mass is 10.1. The number of nitrogens with two attached hydrogens (primary N) is 1. The van der Waals surface area contributed by atoms with Gasteiger partial charge in [-0.15, -0.1) is 0 Å². The maximum Gasteiger partial charge on any atom is 0.275 e. The Bertz CT molecular complexity index is 646. The van der Waals surface area contributed by atoms with Gasteiger partial charge < -0.3 is 10.6 Å². The van der Waals surface area contributed by atoms with Crippen molar-refractivity contribution in [3.05, 3.63) is 69.7 Å². The zero-order valence-electron chi connectivity index (χ0n) is 12.4. The van der Waals surface area contributed by atoms with Gasteiger partial charge in [-0.2, -0.15) is 0 Å². The van der Waals surface area contributed by atoms with Crippen molar-refractivity contribution in [3.63, 3.8) is 0 Å². The molecular weight excluding hydrogens is 319 g/mol. The van der Waals surface area contributed by atoms with Crippen molar-refractivity contribution < 1.29 is 10.1 Å². The summed E-state index contributed by atoms with van der Waals surface area (Å²) >= 11 is 12.2. The molecule has 116 valence electrons. The van der Waals surface area contributed by atoms with Crippen LogP contribution >= 0.6 is 23.2 Å². The summed E-state index contributed by atoms with van der Waals surface area (Å²) in [4.78, 5) is 11.9. The fourth-order valence-corrected chi connectivity index (χ4v) is 2.67. The number of nitrogens with one attached hydrogen (secondary N) is 1. The third-order valence-corrected chi connectivity index (χ3v) is 4.20. The lowest BCUT2D eigenvalue weighted by Gasteiger charge is -2.12. The van der Waals surface area contributed by atoms with Crippen LogP contribution in [0.5, 0.6) is 0 Å². The maximum absolute atomic E-state index is 11.9. The van der Waals surface area contributed by atoms with Crippen molar-refractivity contribution in [1.82, 2.24) is 5.32 Å². The summed E-state index contributed by atoms with van der Waals surface area (Å²) in [6, 6.07) is 15.3. The van der Waals surface area contributed by atoms with E-state index in [1.807, 2.05) is 60.8 Å². The second-order valence-corrected chi connectivity index (χ2v) is 5.93. The average Bonchev–Trinajstić information content (AvgIpc) is 2.52. The predicted molar refractivity (Wildman–Crippen MR) is 90.0 cm³/mol. The lowest BCUT2D eigenvalue weighted by molar-refractivity contribution is -0.682. The van der Waals surface area contributed by atoms with Crippen LogP contribution in [0.2, 0.25) is 10.0 Å². The Kier molecular flexibility index (Phi) is 6.25. The van der Waals surface area contributed by atoms with Crippen LogP contribution in [-0.4, -0.2) is 12.5 Å². The Labute approximate surface area is 140 Å². The van der Waals surface area contributed by atoms with Crippen molar-refractivity contribution in [2.24, 2.45) is 0 Å². The molecule has 5 heteroatoms. The van der Waals surface area contributed by atoms with E-state index in [0.717, 1.165) is 16.1 Å². The number of quaternary nitrogens is 1. The normalized spacial score (nSPS) is 12.0. The van der Waals surface area contributed by atoms with Crippen molar-refractivity contribution >= 4 is 29.1 Å². The first-order valence-electron chi connectivity index (χ1n) is 7.16. The highest BCUT2D eigenvalue weighted by atomic mass is 35.5. The van der Waals surface area contributed by atoms with Gasteiger partial charge in [-0.1, -0.05) is 59.6 Å². The molecule has 0 spiro atoms. The maximum atomic E-state index is 11.9. The molecule has 0 aliphatic rings. The van der Waals surface area contributed by atoms with Gasteiger partial charge >= 0.3 is 0 Å². The van der Waals surface area contributed by atoms with E-state index in [0.29, 0.717) is 18.1 Å². The minimum Gasteiger partial charge on any atom is -0.347 e. The predicted octanol–water partition coefficient (Wildman–Crippen LogP) is 2.93. The molecule has 3 nitrogen and oxygen atoms in total. The topological polar surface area (TPSA) is 45.7 Å². The highest BCUT2D eigenvalue weighted by molar-refractivity contribution is 6.31. The fourth-order valence-electron chi connectivity index (χ4n) is 2.16. The molecule has 0 saturated carbocycles. The van der Waals surface area contributed by atoms with Crippen LogP contribution in [0.4, 0.5) is 0 Å². The molecule has 0 aliphatic heterocycles. The number of halogens is 2. The fraction of sp³-hybridized carbons (Fsp3) is 0.235. The SMILES string of the molecule is C[C@H]([NH2+]CC(=O)NCc1ccccc1Cl)c1ccccc1Cl. The molecule has 0 heterocycles. The third kappa shape index (κ3) is 4.73. The third-order valence-electron chi connectivity index (χ3n) is 3.49. The summed E-state index contributed by atoms with van der Waals surface area (Å²) < 4.78 is 0. The van der Waals surface area contributed by atoms with Gasteiger partial charge in [0.05, 0.1) is 0 Å². The summed E-state index contributed by atoms with van der Waals surface area (Å²) in [6.07, 6.45) is 0.